The molecule has 1 rings (SSSR count). The molecule has 1 fully saturated rings. The Morgan fingerprint density at radius 2 is 2.00 bits per heavy atom. The van der Waals surface area contributed by atoms with Crippen molar-refractivity contribution in [2.24, 2.45) is 5.28 Å². The van der Waals surface area contributed by atoms with Gasteiger partial charge in [-0.3, -0.25) is 0 Å². The normalized spacial score (nSPS) is 19.3. The molecule has 59 valence electrons. The number of ether oxygens (including phenoxy) is 1. The van der Waals surface area contributed by atoms with Crippen LogP contribution in [0, 0.1) is 5.21 Å². The van der Waals surface area contributed by atoms with Gasteiger partial charge in [0, 0.05) is 29.6 Å². The second-order valence-corrected chi connectivity index (χ2v) is 1.91. The minimum atomic E-state index is 0. The molecular weight excluding hydrogens is 161 g/mol. The molecule has 11 heavy (non-hydrogen) atoms. The topological polar surface area (TPSA) is 71.1 Å². The van der Waals surface area contributed by atoms with E-state index in [1.54, 1.807) is 0 Å². The molecular formula is C4H9N3NaO3. The number of hydrazine groups is 1. The maximum absolute atomic E-state index is 10.5. The molecule has 0 saturated carbocycles. The van der Waals surface area contributed by atoms with E-state index >= 15 is 0 Å². The van der Waals surface area contributed by atoms with Gasteiger partial charge in [0.25, 0.3) is 0 Å². The predicted molar refractivity (Wildman–Crippen MR) is 36.0 cm³/mol. The Labute approximate surface area is 86.2 Å². The Kier molecular flexibility index (Phi) is 5.57. The van der Waals surface area contributed by atoms with Gasteiger partial charge >= 0.3 is 0 Å². The SMILES string of the molecule is [Na].[O-][N+](=NO)N1CCOCC1. The van der Waals surface area contributed by atoms with Crippen molar-refractivity contribution in [3.05, 3.63) is 5.21 Å². The van der Waals surface area contributed by atoms with Gasteiger partial charge < -0.3 is 15.2 Å². The van der Waals surface area contributed by atoms with Crippen LogP contribution in [-0.2, 0) is 4.74 Å². The predicted octanol–water partition coefficient (Wildman–Crippen LogP) is -0.796. The zero-order valence-electron chi connectivity index (χ0n) is 6.43. The van der Waals surface area contributed by atoms with Crippen molar-refractivity contribution in [3.63, 3.8) is 0 Å². The summed E-state index contributed by atoms with van der Waals surface area (Å²) in [4.78, 5) is 0.169. The zero-order valence-corrected chi connectivity index (χ0v) is 8.43. The Bertz CT molecular complexity index is 137. The van der Waals surface area contributed by atoms with E-state index in [9.17, 15) is 5.21 Å². The number of rotatable bonds is 1. The van der Waals surface area contributed by atoms with Crippen molar-refractivity contribution in [1.82, 2.24) is 5.01 Å². The first-order valence-electron chi connectivity index (χ1n) is 2.99. The molecule has 0 aromatic carbocycles. The molecule has 1 radical (unpaired) electrons. The molecule has 0 aromatic rings. The van der Waals surface area contributed by atoms with E-state index in [0.717, 1.165) is 0 Å². The van der Waals surface area contributed by atoms with Crippen molar-refractivity contribution in [1.29, 1.82) is 0 Å². The van der Waals surface area contributed by atoms with Crippen LogP contribution in [0.5, 0.6) is 0 Å². The number of morpholine rings is 1. The first-order valence-corrected chi connectivity index (χ1v) is 2.99. The van der Waals surface area contributed by atoms with Gasteiger partial charge in [0.15, 0.2) is 0 Å². The first-order chi connectivity index (χ1) is 4.84. The van der Waals surface area contributed by atoms with Gasteiger partial charge in [-0.1, -0.05) is 0 Å². The van der Waals surface area contributed by atoms with Crippen LogP contribution >= 0.6 is 0 Å². The van der Waals surface area contributed by atoms with Crippen LogP contribution in [0.2, 0.25) is 0 Å². The van der Waals surface area contributed by atoms with Crippen LogP contribution in [0.3, 0.4) is 0 Å². The molecule has 0 amide bonds. The third-order valence-corrected chi connectivity index (χ3v) is 1.31. The Balaban J connectivity index is 0.000001000. The molecule has 1 N–H and O–H groups in total. The maximum atomic E-state index is 10.5. The fourth-order valence-electron chi connectivity index (χ4n) is 0.781. The molecule has 0 bridgehead atoms. The van der Waals surface area contributed by atoms with E-state index < -0.39 is 0 Å². The van der Waals surface area contributed by atoms with Gasteiger partial charge in [0.1, 0.15) is 13.1 Å². The smallest absolute Gasteiger partial charge is 0.230 e. The second kappa shape index (κ2) is 5.59. The standard InChI is InChI=1S/C4H9N3O3.Na/c8-5-7(9)6-1-3-10-4-2-6;/h8H,1-4H2;. The van der Waals surface area contributed by atoms with E-state index in [-0.39, 0.29) is 34.5 Å². The van der Waals surface area contributed by atoms with E-state index in [1.807, 2.05) is 0 Å². The molecule has 6 nitrogen and oxygen atoms in total. The fourth-order valence-corrected chi connectivity index (χ4v) is 0.781. The molecule has 1 saturated heterocycles. The Morgan fingerprint density at radius 1 is 1.45 bits per heavy atom. The molecule has 1 aliphatic rings. The first kappa shape index (κ1) is 11.0. The van der Waals surface area contributed by atoms with Gasteiger partial charge in [-0.2, -0.15) is 0 Å². The van der Waals surface area contributed by atoms with Crippen molar-refractivity contribution < 1.29 is 14.9 Å². The molecule has 1 heterocycles. The van der Waals surface area contributed by atoms with Crippen molar-refractivity contribution in [2.45, 2.75) is 0 Å². The summed E-state index contributed by atoms with van der Waals surface area (Å²) in [6.45, 7) is 1.98. The largest absolute Gasteiger partial charge is 0.569 e. The summed E-state index contributed by atoms with van der Waals surface area (Å²) in [6, 6.07) is 0. The molecule has 0 aliphatic carbocycles. The Hall–Kier alpha value is -0.0400. The minimum absolute atomic E-state index is 0. The van der Waals surface area contributed by atoms with Crippen molar-refractivity contribution >= 4 is 29.6 Å². The van der Waals surface area contributed by atoms with Crippen LogP contribution in [0.15, 0.2) is 5.28 Å². The summed E-state index contributed by atoms with van der Waals surface area (Å²) in [5.74, 6) is 0. The summed E-state index contributed by atoms with van der Waals surface area (Å²) >= 11 is 0. The van der Waals surface area contributed by atoms with Gasteiger partial charge in [-0.15, -0.1) is 5.01 Å². The number of hydrogen-bond donors (Lipinski definition) is 1. The van der Waals surface area contributed by atoms with Crippen LogP contribution in [0.1, 0.15) is 0 Å². The summed E-state index contributed by atoms with van der Waals surface area (Å²) in [5.41, 5.74) is 0. The molecule has 1 aliphatic heterocycles. The van der Waals surface area contributed by atoms with Gasteiger partial charge in [0.05, 0.1) is 18.2 Å². The summed E-state index contributed by atoms with van der Waals surface area (Å²) < 4.78 is 4.96. The zero-order chi connectivity index (χ0) is 7.40. The maximum Gasteiger partial charge on any atom is 0.230 e. The quantitative estimate of drug-likeness (QED) is 0.242. The fraction of sp³-hybridized carbons (Fsp3) is 1.00. The van der Waals surface area contributed by atoms with Gasteiger partial charge in [0.2, 0.25) is 5.28 Å². The molecule has 0 spiro atoms. The number of hydrogen-bond acceptors (Lipinski definition) is 3. The monoisotopic (exact) mass is 170 g/mol. The average molecular weight is 170 g/mol. The van der Waals surface area contributed by atoms with E-state index in [1.165, 1.54) is 5.01 Å². The molecule has 0 atom stereocenters. The molecule has 7 heteroatoms. The third kappa shape index (κ3) is 3.24. The second-order valence-electron chi connectivity index (χ2n) is 1.91. The minimum Gasteiger partial charge on any atom is -0.569 e. The van der Waals surface area contributed by atoms with Crippen LogP contribution in [-0.4, -0.2) is 71.0 Å². The van der Waals surface area contributed by atoms with Crippen molar-refractivity contribution in [2.75, 3.05) is 26.3 Å². The van der Waals surface area contributed by atoms with E-state index in [2.05, 4.69) is 5.28 Å². The summed E-state index contributed by atoms with van der Waals surface area (Å²) in [7, 11) is 0. The Morgan fingerprint density at radius 3 is 2.45 bits per heavy atom. The molecule has 0 aromatic heterocycles. The van der Waals surface area contributed by atoms with Gasteiger partial charge in [-0.05, 0) is 0 Å². The summed E-state index contributed by atoms with van der Waals surface area (Å²) in [5, 5.41) is 22.4. The van der Waals surface area contributed by atoms with E-state index in [0.29, 0.717) is 26.3 Å². The molecule has 0 unspecified atom stereocenters. The number of nitrogens with zero attached hydrogens (tertiary/aromatic N) is 3. The van der Waals surface area contributed by atoms with Crippen molar-refractivity contribution in [3.8, 4) is 0 Å². The average Bonchev–Trinajstić information content (AvgIpc) is 2.05. The van der Waals surface area contributed by atoms with Crippen LogP contribution < -0.4 is 0 Å². The van der Waals surface area contributed by atoms with E-state index in [4.69, 9.17) is 9.94 Å². The summed E-state index contributed by atoms with van der Waals surface area (Å²) in [6.07, 6.45) is 0. The van der Waals surface area contributed by atoms with Gasteiger partial charge in [-0.25, -0.2) is 0 Å². The van der Waals surface area contributed by atoms with Crippen LogP contribution in [0.25, 0.3) is 0 Å². The third-order valence-electron chi connectivity index (χ3n) is 1.31. The van der Waals surface area contributed by atoms with Crippen LogP contribution in [0.4, 0.5) is 0 Å².